The van der Waals surface area contributed by atoms with Crippen molar-refractivity contribution in [3.05, 3.63) is 83.9 Å². The van der Waals surface area contributed by atoms with Gasteiger partial charge in [-0.3, -0.25) is 29.2 Å². The van der Waals surface area contributed by atoms with Crippen LogP contribution in [-0.2, 0) is 32.1 Å². The van der Waals surface area contributed by atoms with E-state index in [-0.39, 0.29) is 25.3 Å². The van der Waals surface area contributed by atoms with Gasteiger partial charge in [0, 0.05) is 25.9 Å². The van der Waals surface area contributed by atoms with Crippen LogP contribution in [-0.4, -0.2) is 69.9 Å². The molecule has 11 heteroatoms. The molecule has 4 amide bonds. The molecule has 4 rings (SSSR count). The molecule has 0 spiro atoms. The first-order valence-electron chi connectivity index (χ1n) is 12.3. The highest BCUT2D eigenvalue weighted by atomic mass is 19.1. The summed E-state index contributed by atoms with van der Waals surface area (Å²) in [7, 11) is 1.31. The number of amides is 4. The average molecular weight is 536 g/mol. The van der Waals surface area contributed by atoms with E-state index in [1.165, 1.54) is 57.6 Å². The summed E-state index contributed by atoms with van der Waals surface area (Å²) in [5.74, 6) is -2.49. The van der Waals surface area contributed by atoms with E-state index < -0.39 is 46.6 Å². The van der Waals surface area contributed by atoms with Gasteiger partial charge in [0.1, 0.15) is 17.6 Å². The highest BCUT2D eigenvalue weighted by Gasteiger charge is 2.61. The summed E-state index contributed by atoms with van der Waals surface area (Å²) in [6.07, 6.45) is 2.43. The molecule has 2 aromatic carbocycles. The lowest BCUT2D eigenvalue weighted by atomic mass is 9.80. The minimum absolute atomic E-state index is 0.148. The molecule has 0 unspecified atom stereocenters. The summed E-state index contributed by atoms with van der Waals surface area (Å²) in [5, 5.41) is 2.62. The van der Waals surface area contributed by atoms with Gasteiger partial charge in [0.15, 0.2) is 5.54 Å². The molecule has 0 radical (unpaired) electrons. The van der Waals surface area contributed by atoms with Gasteiger partial charge in [0.05, 0.1) is 18.8 Å². The highest BCUT2D eigenvalue weighted by Crippen LogP contribution is 2.36. The van der Waals surface area contributed by atoms with Crippen LogP contribution < -0.4 is 11.1 Å². The van der Waals surface area contributed by atoms with Gasteiger partial charge in [-0.1, -0.05) is 42.5 Å². The van der Waals surface area contributed by atoms with E-state index in [9.17, 15) is 23.6 Å². The Hall–Kier alpha value is -4.22. The van der Waals surface area contributed by atoms with Crippen LogP contribution in [0.1, 0.15) is 25.0 Å². The number of aliphatic imine (C=N–C) groups is 1. The number of imide groups is 1. The van der Waals surface area contributed by atoms with Gasteiger partial charge in [-0.15, -0.1) is 0 Å². The van der Waals surface area contributed by atoms with Gasteiger partial charge in [-0.25, -0.2) is 9.18 Å². The van der Waals surface area contributed by atoms with Crippen LogP contribution in [0.4, 0.5) is 9.18 Å². The van der Waals surface area contributed by atoms with Crippen molar-refractivity contribution in [3.8, 4) is 0 Å². The van der Waals surface area contributed by atoms with Crippen LogP contribution in [0.3, 0.4) is 0 Å². The number of rotatable bonds is 10. The number of nitrogens with two attached hydrogens (primary N) is 1. The van der Waals surface area contributed by atoms with Crippen molar-refractivity contribution in [1.82, 2.24) is 15.1 Å². The quantitative estimate of drug-likeness (QED) is 0.447. The number of ketones is 1. The number of halogens is 1. The van der Waals surface area contributed by atoms with E-state index in [0.29, 0.717) is 5.56 Å². The summed E-state index contributed by atoms with van der Waals surface area (Å²) in [5.41, 5.74) is 3.91. The first-order chi connectivity index (χ1) is 18.4. The van der Waals surface area contributed by atoms with Gasteiger partial charge in [0.2, 0.25) is 11.7 Å². The van der Waals surface area contributed by atoms with E-state index in [2.05, 4.69) is 10.3 Å². The van der Waals surface area contributed by atoms with E-state index in [4.69, 9.17) is 10.5 Å². The second-order valence-corrected chi connectivity index (χ2v) is 10.1. The van der Waals surface area contributed by atoms with Crippen molar-refractivity contribution in [2.75, 3.05) is 13.7 Å². The number of hydrogen-bond donors (Lipinski definition) is 2. The third kappa shape index (κ3) is 5.50. The molecule has 3 N–H and O–H groups in total. The Morgan fingerprint density at radius 1 is 1.10 bits per heavy atom. The second kappa shape index (κ2) is 10.9. The zero-order chi connectivity index (χ0) is 28.4. The van der Waals surface area contributed by atoms with Crippen molar-refractivity contribution in [2.45, 2.75) is 44.0 Å². The first-order valence-corrected chi connectivity index (χ1v) is 12.3. The van der Waals surface area contributed by atoms with Gasteiger partial charge < -0.3 is 15.8 Å². The number of carbonyl (C=O) groups is 4. The van der Waals surface area contributed by atoms with Crippen LogP contribution in [0.15, 0.2) is 72.0 Å². The lowest BCUT2D eigenvalue weighted by molar-refractivity contribution is -0.131. The number of benzene rings is 2. The summed E-state index contributed by atoms with van der Waals surface area (Å²) in [6.45, 7) is 2.89. The minimum Gasteiger partial charge on any atom is -0.374 e. The maximum absolute atomic E-state index is 14.1. The molecule has 1 fully saturated rings. The SMILES string of the molecule is CN1C(=O)N2C=CN=C(C(=O)[C@@H](COCc3ccccc3)NC(=O)C(C)(C)N)[C@@]2(Cc2ccc(F)cc2)C1=O. The second-order valence-electron chi connectivity index (χ2n) is 10.1. The molecule has 2 aliphatic rings. The fraction of sp³-hybridized carbons (Fsp3) is 0.321. The number of hydrogen-bond acceptors (Lipinski definition) is 7. The van der Waals surface area contributed by atoms with Gasteiger partial charge in [-0.2, -0.15) is 0 Å². The van der Waals surface area contributed by atoms with Crippen molar-refractivity contribution in [1.29, 1.82) is 0 Å². The van der Waals surface area contributed by atoms with E-state index in [0.717, 1.165) is 15.4 Å². The number of ether oxygens (including phenoxy) is 1. The molecule has 2 aromatic rings. The summed E-state index contributed by atoms with van der Waals surface area (Å²) >= 11 is 0. The average Bonchev–Trinajstić information content (AvgIpc) is 3.09. The maximum Gasteiger partial charge on any atom is 0.331 e. The minimum atomic E-state index is -1.84. The molecule has 0 bridgehead atoms. The molecule has 2 aliphatic heterocycles. The number of carbonyl (C=O) groups excluding carboxylic acids is 4. The molecule has 2 atom stereocenters. The lowest BCUT2D eigenvalue weighted by Crippen LogP contribution is -2.63. The number of urea groups is 1. The van der Waals surface area contributed by atoms with Gasteiger partial charge in [-0.05, 0) is 37.1 Å². The Labute approximate surface area is 225 Å². The molecule has 0 aromatic heterocycles. The van der Waals surface area contributed by atoms with Gasteiger partial charge in [0.25, 0.3) is 5.91 Å². The Bertz CT molecular complexity index is 1340. The predicted octanol–water partition coefficient (Wildman–Crippen LogP) is 1.93. The normalized spacial score (nSPS) is 19.6. The Kier molecular flexibility index (Phi) is 7.75. The van der Waals surface area contributed by atoms with Crippen LogP contribution in [0.2, 0.25) is 0 Å². The summed E-state index contributed by atoms with van der Waals surface area (Å²) in [4.78, 5) is 59.9. The third-order valence-electron chi connectivity index (χ3n) is 6.58. The molecule has 1 saturated heterocycles. The lowest BCUT2D eigenvalue weighted by Gasteiger charge is -2.36. The number of likely N-dealkylation sites (N-methyl/N-ethyl adjacent to an activating group) is 1. The molecule has 0 saturated carbocycles. The van der Waals surface area contributed by atoms with Crippen molar-refractivity contribution in [2.24, 2.45) is 10.7 Å². The predicted molar refractivity (Wildman–Crippen MR) is 141 cm³/mol. The molecular formula is C28H30FN5O5. The van der Waals surface area contributed by atoms with Crippen molar-refractivity contribution >= 4 is 29.3 Å². The van der Waals surface area contributed by atoms with Crippen LogP contribution in [0.25, 0.3) is 0 Å². The fourth-order valence-corrected chi connectivity index (χ4v) is 4.45. The topological polar surface area (TPSA) is 134 Å². The Morgan fingerprint density at radius 3 is 2.41 bits per heavy atom. The first kappa shape index (κ1) is 27.8. The van der Waals surface area contributed by atoms with Gasteiger partial charge >= 0.3 is 6.03 Å². The monoisotopic (exact) mass is 535 g/mol. The van der Waals surface area contributed by atoms with Crippen LogP contribution in [0.5, 0.6) is 0 Å². The fourth-order valence-electron chi connectivity index (χ4n) is 4.45. The van der Waals surface area contributed by atoms with Crippen LogP contribution in [0, 0.1) is 5.82 Å². The molecular weight excluding hydrogens is 505 g/mol. The summed E-state index contributed by atoms with van der Waals surface area (Å²) in [6, 6.07) is 12.7. The third-order valence-corrected chi connectivity index (χ3v) is 6.58. The summed E-state index contributed by atoms with van der Waals surface area (Å²) < 4.78 is 19.4. The molecule has 39 heavy (non-hydrogen) atoms. The van der Waals surface area contributed by atoms with E-state index in [1.54, 1.807) is 0 Å². The molecule has 2 heterocycles. The number of Topliss-reactive ketones (excluding diaryl/α,β-unsaturated/α-hetero) is 1. The zero-order valence-corrected chi connectivity index (χ0v) is 21.9. The standard InChI is InChI=1S/C28H30FN5O5/c1-27(2,30)24(36)32-21(17-39-16-19-7-5-4-6-8-19)22(35)23-28(15-18-9-11-20(29)12-10-18)25(37)33(3)26(38)34(28)14-13-31-23/h4-14,21H,15-17,30H2,1-3H3,(H,32,36)/t21-,28+/m1/s1. The zero-order valence-electron chi connectivity index (χ0n) is 21.9. The molecule has 0 aliphatic carbocycles. The van der Waals surface area contributed by atoms with Crippen molar-refractivity contribution < 1.29 is 28.3 Å². The van der Waals surface area contributed by atoms with Crippen molar-refractivity contribution in [3.63, 3.8) is 0 Å². The molecule has 10 nitrogen and oxygen atoms in total. The van der Waals surface area contributed by atoms with Crippen LogP contribution >= 0.6 is 0 Å². The smallest absolute Gasteiger partial charge is 0.331 e. The Morgan fingerprint density at radius 2 is 1.77 bits per heavy atom. The molecule has 204 valence electrons. The Balaban J connectivity index is 1.70. The van der Waals surface area contributed by atoms with E-state index in [1.807, 2.05) is 30.3 Å². The maximum atomic E-state index is 14.1. The highest BCUT2D eigenvalue weighted by molar-refractivity contribution is 6.51. The number of nitrogens with one attached hydrogen (secondary N) is 1. The number of fused-ring (bicyclic) bond motifs is 1. The van der Waals surface area contributed by atoms with E-state index >= 15 is 0 Å². The largest absolute Gasteiger partial charge is 0.374 e. The number of nitrogens with zero attached hydrogens (tertiary/aromatic N) is 3.